The van der Waals surface area contributed by atoms with Gasteiger partial charge in [0.2, 0.25) is 0 Å². The van der Waals surface area contributed by atoms with Gasteiger partial charge >= 0.3 is 5.97 Å². The number of hydrogen-bond acceptors (Lipinski definition) is 3. The molecular formula is C14H14N2O2. The fourth-order valence-corrected chi connectivity index (χ4v) is 1.70. The van der Waals surface area contributed by atoms with Crippen molar-refractivity contribution < 1.29 is 9.90 Å². The Morgan fingerprint density at radius 1 is 1.17 bits per heavy atom. The van der Waals surface area contributed by atoms with E-state index in [0.29, 0.717) is 6.42 Å². The number of carboxylic acid groups (broad SMARTS) is 1. The van der Waals surface area contributed by atoms with Crippen molar-refractivity contribution in [3.63, 3.8) is 0 Å². The van der Waals surface area contributed by atoms with Crippen LogP contribution in [0.1, 0.15) is 5.56 Å². The molecule has 0 amide bonds. The number of aromatic nitrogens is 1. The zero-order valence-corrected chi connectivity index (χ0v) is 9.78. The minimum atomic E-state index is -0.865. The van der Waals surface area contributed by atoms with E-state index < -0.39 is 12.0 Å². The molecule has 0 aliphatic carbocycles. The second kappa shape index (κ2) is 5.82. The molecule has 0 saturated carbocycles. The van der Waals surface area contributed by atoms with Gasteiger partial charge in [-0.25, -0.2) is 4.79 Å². The lowest BCUT2D eigenvalue weighted by Gasteiger charge is -2.15. The largest absolute Gasteiger partial charge is 0.480 e. The van der Waals surface area contributed by atoms with Gasteiger partial charge in [0.15, 0.2) is 0 Å². The SMILES string of the molecule is O=C(O)[C@@H](Cc1ccccc1)Nc1ccncc1. The molecule has 92 valence electrons. The third-order valence-corrected chi connectivity index (χ3v) is 2.60. The zero-order chi connectivity index (χ0) is 12.8. The average molecular weight is 242 g/mol. The third kappa shape index (κ3) is 3.31. The van der Waals surface area contributed by atoms with E-state index in [1.54, 1.807) is 24.5 Å². The summed E-state index contributed by atoms with van der Waals surface area (Å²) in [7, 11) is 0. The van der Waals surface area contributed by atoms with Crippen LogP contribution in [0.5, 0.6) is 0 Å². The number of hydrogen-bond donors (Lipinski definition) is 2. The fourth-order valence-electron chi connectivity index (χ4n) is 1.70. The van der Waals surface area contributed by atoms with E-state index in [0.717, 1.165) is 11.3 Å². The van der Waals surface area contributed by atoms with Crippen molar-refractivity contribution in [2.45, 2.75) is 12.5 Å². The van der Waals surface area contributed by atoms with E-state index in [2.05, 4.69) is 10.3 Å². The molecule has 0 aliphatic heterocycles. The van der Waals surface area contributed by atoms with Gasteiger partial charge in [-0.05, 0) is 17.7 Å². The summed E-state index contributed by atoms with van der Waals surface area (Å²) in [4.78, 5) is 15.1. The lowest BCUT2D eigenvalue weighted by Crippen LogP contribution is -2.31. The van der Waals surface area contributed by atoms with Crippen LogP contribution in [0.4, 0.5) is 5.69 Å². The molecule has 1 heterocycles. The highest BCUT2D eigenvalue weighted by atomic mass is 16.4. The second-order valence-electron chi connectivity index (χ2n) is 3.96. The molecule has 0 bridgehead atoms. The molecule has 1 aromatic carbocycles. The van der Waals surface area contributed by atoms with Crippen molar-refractivity contribution in [3.8, 4) is 0 Å². The van der Waals surface area contributed by atoms with Gasteiger partial charge in [0.1, 0.15) is 6.04 Å². The van der Waals surface area contributed by atoms with Crippen LogP contribution in [0.2, 0.25) is 0 Å². The number of nitrogens with zero attached hydrogens (tertiary/aromatic N) is 1. The first kappa shape index (κ1) is 12.1. The number of anilines is 1. The maximum atomic E-state index is 11.2. The highest BCUT2D eigenvalue weighted by Gasteiger charge is 2.17. The van der Waals surface area contributed by atoms with Crippen LogP contribution in [0.15, 0.2) is 54.9 Å². The van der Waals surface area contributed by atoms with Gasteiger partial charge in [0.05, 0.1) is 0 Å². The summed E-state index contributed by atoms with van der Waals surface area (Å²) in [6.07, 6.45) is 3.70. The zero-order valence-electron chi connectivity index (χ0n) is 9.78. The van der Waals surface area contributed by atoms with Crippen LogP contribution in [0.3, 0.4) is 0 Å². The number of carbonyl (C=O) groups is 1. The highest BCUT2D eigenvalue weighted by molar-refractivity contribution is 5.77. The normalized spacial score (nSPS) is 11.8. The van der Waals surface area contributed by atoms with Gasteiger partial charge in [-0.1, -0.05) is 30.3 Å². The Labute approximate surface area is 105 Å². The minimum absolute atomic E-state index is 0.443. The molecule has 4 heteroatoms. The fraction of sp³-hybridized carbons (Fsp3) is 0.143. The Morgan fingerprint density at radius 3 is 2.44 bits per heavy atom. The molecule has 4 nitrogen and oxygen atoms in total. The molecule has 0 aliphatic rings. The number of aliphatic carboxylic acids is 1. The Hall–Kier alpha value is -2.36. The van der Waals surface area contributed by atoms with Gasteiger partial charge in [-0.15, -0.1) is 0 Å². The van der Waals surface area contributed by atoms with Crippen LogP contribution in [-0.2, 0) is 11.2 Å². The van der Waals surface area contributed by atoms with Crippen LogP contribution in [0.25, 0.3) is 0 Å². The predicted octanol–water partition coefficient (Wildman–Crippen LogP) is 2.19. The number of carboxylic acids is 1. The van der Waals surface area contributed by atoms with Crippen molar-refractivity contribution >= 4 is 11.7 Å². The Kier molecular flexibility index (Phi) is 3.91. The maximum absolute atomic E-state index is 11.2. The lowest BCUT2D eigenvalue weighted by atomic mass is 10.1. The van der Waals surface area contributed by atoms with E-state index in [4.69, 9.17) is 0 Å². The Balaban J connectivity index is 2.08. The summed E-state index contributed by atoms with van der Waals surface area (Å²) < 4.78 is 0. The first-order chi connectivity index (χ1) is 8.75. The number of benzene rings is 1. The summed E-state index contributed by atoms with van der Waals surface area (Å²) in [6.45, 7) is 0. The average Bonchev–Trinajstić information content (AvgIpc) is 2.40. The lowest BCUT2D eigenvalue weighted by molar-refractivity contribution is -0.137. The third-order valence-electron chi connectivity index (χ3n) is 2.60. The van der Waals surface area contributed by atoms with E-state index in [-0.39, 0.29) is 0 Å². The number of pyridine rings is 1. The van der Waals surface area contributed by atoms with Crippen molar-refractivity contribution in [3.05, 3.63) is 60.4 Å². The molecule has 0 fully saturated rings. The van der Waals surface area contributed by atoms with E-state index in [1.165, 1.54) is 0 Å². The quantitative estimate of drug-likeness (QED) is 0.843. The molecule has 1 aromatic heterocycles. The van der Waals surface area contributed by atoms with Gasteiger partial charge in [0.25, 0.3) is 0 Å². The highest BCUT2D eigenvalue weighted by Crippen LogP contribution is 2.10. The first-order valence-electron chi connectivity index (χ1n) is 5.69. The Bertz CT molecular complexity index is 458. The van der Waals surface area contributed by atoms with Gasteiger partial charge in [-0.2, -0.15) is 0 Å². The van der Waals surface area contributed by atoms with Gasteiger partial charge in [-0.3, -0.25) is 4.98 Å². The van der Waals surface area contributed by atoms with E-state index >= 15 is 0 Å². The predicted molar refractivity (Wildman–Crippen MR) is 69.4 cm³/mol. The van der Waals surface area contributed by atoms with Crippen molar-refractivity contribution in [1.29, 1.82) is 0 Å². The van der Waals surface area contributed by atoms with Crippen LogP contribution >= 0.6 is 0 Å². The Morgan fingerprint density at radius 2 is 1.83 bits per heavy atom. The topological polar surface area (TPSA) is 62.2 Å². The summed E-state index contributed by atoms with van der Waals surface area (Å²) >= 11 is 0. The van der Waals surface area contributed by atoms with Crippen LogP contribution in [-0.4, -0.2) is 22.1 Å². The summed E-state index contributed by atoms with van der Waals surface area (Å²) in [5.74, 6) is -0.865. The smallest absolute Gasteiger partial charge is 0.326 e. The molecule has 2 rings (SSSR count). The van der Waals surface area contributed by atoms with E-state index in [1.807, 2.05) is 30.3 Å². The molecule has 0 unspecified atom stereocenters. The molecule has 18 heavy (non-hydrogen) atoms. The standard InChI is InChI=1S/C14H14N2O2/c17-14(18)13(10-11-4-2-1-3-5-11)16-12-6-8-15-9-7-12/h1-9,13H,10H2,(H,15,16)(H,17,18)/t13-/m1/s1. The summed E-state index contributed by atoms with van der Waals surface area (Å²) in [5, 5.41) is 12.2. The summed E-state index contributed by atoms with van der Waals surface area (Å²) in [5.41, 5.74) is 1.75. The molecule has 2 aromatic rings. The number of rotatable bonds is 5. The first-order valence-corrected chi connectivity index (χ1v) is 5.69. The molecule has 0 spiro atoms. The van der Waals surface area contributed by atoms with Crippen LogP contribution < -0.4 is 5.32 Å². The minimum Gasteiger partial charge on any atom is -0.480 e. The van der Waals surface area contributed by atoms with Gasteiger partial charge in [0, 0.05) is 24.5 Å². The van der Waals surface area contributed by atoms with E-state index in [9.17, 15) is 9.90 Å². The summed E-state index contributed by atoms with van der Waals surface area (Å²) in [6, 6.07) is 12.4. The maximum Gasteiger partial charge on any atom is 0.326 e. The van der Waals surface area contributed by atoms with Crippen molar-refractivity contribution in [2.24, 2.45) is 0 Å². The second-order valence-corrected chi connectivity index (χ2v) is 3.96. The molecular weight excluding hydrogens is 228 g/mol. The van der Waals surface area contributed by atoms with Gasteiger partial charge < -0.3 is 10.4 Å². The van der Waals surface area contributed by atoms with Crippen molar-refractivity contribution in [1.82, 2.24) is 4.98 Å². The monoisotopic (exact) mass is 242 g/mol. The molecule has 2 N–H and O–H groups in total. The molecule has 1 atom stereocenters. The van der Waals surface area contributed by atoms with Crippen molar-refractivity contribution in [2.75, 3.05) is 5.32 Å². The molecule has 0 radical (unpaired) electrons. The molecule has 0 saturated heterocycles. The number of nitrogens with one attached hydrogen (secondary N) is 1. The van der Waals surface area contributed by atoms with Crippen LogP contribution in [0, 0.1) is 0 Å².